The first-order valence-corrected chi connectivity index (χ1v) is 10.5. The van der Waals surface area contributed by atoms with E-state index in [2.05, 4.69) is 15.5 Å². The Kier molecular flexibility index (Phi) is 6.23. The molecule has 0 aliphatic heterocycles. The SMILES string of the molecule is COc1ccc(-c2nnc(NC(=O)c3ccc(C(=O)c4ccccc4)cc3)s2)c(OC)c1. The van der Waals surface area contributed by atoms with E-state index in [1.807, 2.05) is 24.3 Å². The van der Waals surface area contributed by atoms with Crippen molar-refractivity contribution in [3.63, 3.8) is 0 Å². The molecule has 4 rings (SSSR count). The lowest BCUT2D eigenvalue weighted by molar-refractivity contribution is 0.102. The summed E-state index contributed by atoms with van der Waals surface area (Å²) < 4.78 is 10.6. The van der Waals surface area contributed by atoms with E-state index in [4.69, 9.17) is 9.47 Å². The molecule has 0 saturated carbocycles. The summed E-state index contributed by atoms with van der Waals surface area (Å²) in [6, 6.07) is 20.9. The highest BCUT2D eigenvalue weighted by Gasteiger charge is 2.16. The van der Waals surface area contributed by atoms with Crippen LogP contribution in [0.15, 0.2) is 72.8 Å². The van der Waals surface area contributed by atoms with E-state index in [1.165, 1.54) is 11.3 Å². The molecule has 0 unspecified atom stereocenters. The van der Waals surface area contributed by atoms with Crippen LogP contribution in [-0.2, 0) is 0 Å². The maximum Gasteiger partial charge on any atom is 0.257 e. The molecule has 3 aromatic carbocycles. The Labute approximate surface area is 188 Å². The van der Waals surface area contributed by atoms with Gasteiger partial charge < -0.3 is 9.47 Å². The number of carbonyl (C=O) groups is 2. The smallest absolute Gasteiger partial charge is 0.257 e. The van der Waals surface area contributed by atoms with Crippen molar-refractivity contribution in [2.75, 3.05) is 19.5 Å². The third kappa shape index (κ3) is 4.50. The monoisotopic (exact) mass is 445 g/mol. The highest BCUT2D eigenvalue weighted by molar-refractivity contribution is 7.18. The summed E-state index contributed by atoms with van der Waals surface area (Å²) in [6.45, 7) is 0. The van der Waals surface area contributed by atoms with Crippen LogP contribution in [0, 0.1) is 0 Å². The molecule has 0 fully saturated rings. The number of carbonyl (C=O) groups excluding carboxylic acids is 2. The number of rotatable bonds is 7. The number of hydrogen-bond acceptors (Lipinski definition) is 7. The van der Waals surface area contributed by atoms with Gasteiger partial charge in [0.05, 0.1) is 19.8 Å². The largest absolute Gasteiger partial charge is 0.497 e. The fraction of sp³-hybridized carbons (Fsp3) is 0.0833. The van der Waals surface area contributed by atoms with E-state index in [0.717, 1.165) is 5.56 Å². The average molecular weight is 446 g/mol. The van der Waals surface area contributed by atoms with Crippen molar-refractivity contribution in [3.05, 3.63) is 89.5 Å². The first-order chi connectivity index (χ1) is 15.6. The number of nitrogens with one attached hydrogen (secondary N) is 1. The lowest BCUT2D eigenvalue weighted by Crippen LogP contribution is -2.12. The Morgan fingerprint density at radius 3 is 2.19 bits per heavy atom. The average Bonchev–Trinajstić information content (AvgIpc) is 3.31. The molecule has 4 aromatic rings. The van der Waals surface area contributed by atoms with Gasteiger partial charge in [0.2, 0.25) is 5.13 Å². The summed E-state index contributed by atoms with van der Waals surface area (Å²) in [4.78, 5) is 25.1. The van der Waals surface area contributed by atoms with Crippen molar-refractivity contribution in [1.82, 2.24) is 10.2 Å². The van der Waals surface area contributed by atoms with Crippen LogP contribution in [0.4, 0.5) is 5.13 Å². The molecular formula is C24H19N3O4S. The Bertz CT molecular complexity index is 1250. The van der Waals surface area contributed by atoms with Crippen LogP contribution in [-0.4, -0.2) is 36.1 Å². The van der Waals surface area contributed by atoms with E-state index in [1.54, 1.807) is 62.8 Å². The minimum atomic E-state index is -0.340. The van der Waals surface area contributed by atoms with Crippen LogP contribution in [0.25, 0.3) is 10.6 Å². The molecule has 0 aliphatic rings. The lowest BCUT2D eigenvalue weighted by atomic mass is 10.0. The summed E-state index contributed by atoms with van der Waals surface area (Å²) >= 11 is 1.23. The number of amides is 1. The molecule has 1 heterocycles. The summed E-state index contributed by atoms with van der Waals surface area (Å²) in [5.41, 5.74) is 2.26. The predicted molar refractivity (Wildman–Crippen MR) is 123 cm³/mol. The standard InChI is InChI=1S/C24H19N3O4S/c1-30-18-12-13-19(20(14-18)31-2)23-26-27-24(32-23)25-22(29)17-10-8-16(9-11-17)21(28)15-6-4-3-5-7-15/h3-14H,1-2H3,(H,25,27,29). The second-order valence-electron chi connectivity index (χ2n) is 6.71. The molecule has 0 radical (unpaired) electrons. The van der Waals surface area contributed by atoms with Crippen molar-refractivity contribution < 1.29 is 19.1 Å². The van der Waals surface area contributed by atoms with Gasteiger partial charge in [0.25, 0.3) is 5.91 Å². The molecule has 7 nitrogen and oxygen atoms in total. The van der Waals surface area contributed by atoms with Gasteiger partial charge in [-0.3, -0.25) is 14.9 Å². The molecule has 1 amide bonds. The zero-order valence-corrected chi connectivity index (χ0v) is 18.2. The van der Waals surface area contributed by atoms with E-state index < -0.39 is 0 Å². The topological polar surface area (TPSA) is 90.4 Å². The van der Waals surface area contributed by atoms with Gasteiger partial charge in [-0.15, -0.1) is 10.2 Å². The summed E-state index contributed by atoms with van der Waals surface area (Å²) in [5.74, 6) is 0.822. The third-order valence-corrected chi connectivity index (χ3v) is 5.60. The van der Waals surface area contributed by atoms with Crippen molar-refractivity contribution in [3.8, 4) is 22.1 Å². The molecule has 1 N–H and O–H groups in total. The number of nitrogens with zero attached hydrogens (tertiary/aromatic N) is 2. The summed E-state index contributed by atoms with van der Waals surface area (Å²) in [6.07, 6.45) is 0. The first-order valence-electron chi connectivity index (χ1n) is 9.66. The number of anilines is 1. The molecule has 0 bridgehead atoms. The molecule has 0 aliphatic carbocycles. The highest BCUT2D eigenvalue weighted by Crippen LogP contribution is 2.36. The first kappa shape index (κ1) is 21.2. The fourth-order valence-corrected chi connectivity index (χ4v) is 3.83. The number of ether oxygens (including phenoxy) is 2. The molecule has 0 spiro atoms. The van der Waals surface area contributed by atoms with Gasteiger partial charge in [-0.2, -0.15) is 0 Å². The van der Waals surface area contributed by atoms with Crippen LogP contribution in [0.5, 0.6) is 11.5 Å². The van der Waals surface area contributed by atoms with Gasteiger partial charge in [0.1, 0.15) is 11.5 Å². The van der Waals surface area contributed by atoms with Crippen LogP contribution in [0.2, 0.25) is 0 Å². The quantitative estimate of drug-likeness (QED) is 0.415. The van der Waals surface area contributed by atoms with Crippen molar-refractivity contribution in [2.24, 2.45) is 0 Å². The number of hydrogen-bond donors (Lipinski definition) is 1. The van der Waals surface area contributed by atoms with Gasteiger partial charge in [-0.05, 0) is 24.3 Å². The fourth-order valence-electron chi connectivity index (χ4n) is 3.06. The number of benzene rings is 3. The van der Waals surface area contributed by atoms with Gasteiger partial charge in [-0.25, -0.2) is 0 Å². The van der Waals surface area contributed by atoms with Crippen LogP contribution in [0.3, 0.4) is 0 Å². The lowest BCUT2D eigenvalue weighted by Gasteiger charge is -2.07. The van der Waals surface area contributed by atoms with Gasteiger partial charge in [0, 0.05) is 22.8 Å². The van der Waals surface area contributed by atoms with Crippen LogP contribution < -0.4 is 14.8 Å². The van der Waals surface area contributed by atoms with Gasteiger partial charge in [0.15, 0.2) is 10.8 Å². The van der Waals surface area contributed by atoms with Crippen LogP contribution >= 0.6 is 11.3 Å². The van der Waals surface area contributed by atoms with Crippen LogP contribution in [0.1, 0.15) is 26.3 Å². The molecule has 0 atom stereocenters. The normalized spacial score (nSPS) is 10.4. The Morgan fingerprint density at radius 1 is 0.812 bits per heavy atom. The Hall–Kier alpha value is -4.04. The van der Waals surface area contributed by atoms with E-state index in [0.29, 0.717) is 38.3 Å². The van der Waals surface area contributed by atoms with Crippen molar-refractivity contribution >= 4 is 28.2 Å². The second-order valence-corrected chi connectivity index (χ2v) is 7.68. The maximum absolute atomic E-state index is 12.6. The molecule has 1 aromatic heterocycles. The summed E-state index contributed by atoms with van der Waals surface area (Å²) in [7, 11) is 3.14. The van der Waals surface area contributed by atoms with E-state index in [-0.39, 0.29) is 11.7 Å². The van der Waals surface area contributed by atoms with E-state index >= 15 is 0 Å². The number of ketones is 1. The Balaban J connectivity index is 1.47. The van der Waals surface area contributed by atoms with Crippen molar-refractivity contribution in [1.29, 1.82) is 0 Å². The molecule has 160 valence electrons. The molecule has 0 saturated heterocycles. The predicted octanol–water partition coefficient (Wildman–Crippen LogP) is 4.71. The third-order valence-electron chi connectivity index (χ3n) is 4.73. The molecule has 32 heavy (non-hydrogen) atoms. The van der Waals surface area contributed by atoms with E-state index in [9.17, 15) is 9.59 Å². The zero-order valence-electron chi connectivity index (χ0n) is 17.4. The van der Waals surface area contributed by atoms with Gasteiger partial charge in [-0.1, -0.05) is 53.8 Å². The Morgan fingerprint density at radius 2 is 1.50 bits per heavy atom. The number of methoxy groups -OCH3 is 2. The number of aromatic nitrogens is 2. The zero-order chi connectivity index (χ0) is 22.5. The molecular weight excluding hydrogens is 426 g/mol. The molecule has 8 heteroatoms. The highest BCUT2D eigenvalue weighted by atomic mass is 32.1. The van der Waals surface area contributed by atoms with Gasteiger partial charge >= 0.3 is 0 Å². The summed E-state index contributed by atoms with van der Waals surface area (Å²) in [5, 5.41) is 11.9. The maximum atomic E-state index is 12.6. The minimum absolute atomic E-state index is 0.0974. The van der Waals surface area contributed by atoms with Crippen molar-refractivity contribution in [2.45, 2.75) is 0 Å². The second kappa shape index (κ2) is 9.40. The minimum Gasteiger partial charge on any atom is -0.497 e.